The predicted molar refractivity (Wildman–Crippen MR) is 120 cm³/mol. The molecule has 0 aliphatic carbocycles. The molecule has 1 heterocycles. The number of carbonyl (C=O) groups excluding carboxylic acids is 1. The van der Waals surface area contributed by atoms with Crippen LogP contribution in [0.3, 0.4) is 0 Å². The molecule has 2 atom stereocenters. The third-order valence-electron chi connectivity index (χ3n) is 5.79. The molecule has 0 aromatic heterocycles. The van der Waals surface area contributed by atoms with Gasteiger partial charge in [-0.3, -0.25) is 4.79 Å². The highest BCUT2D eigenvalue weighted by atomic mass is 32.2. The third-order valence-corrected chi connectivity index (χ3v) is 7.71. The number of amides is 1. The van der Waals surface area contributed by atoms with Crippen LogP contribution in [0.1, 0.15) is 49.8 Å². The number of hydrogen-bond acceptors (Lipinski definition) is 3. The number of aryl methyl sites for hydroxylation is 1. The van der Waals surface area contributed by atoms with Crippen molar-refractivity contribution in [3.63, 3.8) is 0 Å². The molecule has 1 aliphatic heterocycles. The molecule has 1 amide bonds. The van der Waals surface area contributed by atoms with Crippen LogP contribution >= 0.6 is 0 Å². The van der Waals surface area contributed by atoms with E-state index in [9.17, 15) is 13.2 Å². The lowest BCUT2D eigenvalue weighted by molar-refractivity contribution is -0.126. The number of hydrogen-bond donors (Lipinski definition) is 1. The van der Waals surface area contributed by atoms with E-state index >= 15 is 0 Å². The first-order chi connectivity index (χ1) is 14.5. The fraction of sp³-hybridized carbons (Fsp3) is 0.458. The molecule has 0 unspecified atom stereocenters. The van der Waals surface area contributed by atoms with Gasteiger partial charge in [-0.15, -0.1) is 0 Å². The molecule has 2 aromatic rings. The first-order valence-electron chi connectivity index (χ1n) is 10.9. The molecule has 162 valence electrons. The fourth-order valence-corrected chi connectivity index (χ4v) is 5.62. The summed E-state index contributed by atoms with van der Waals surface area (Å²) < 4.78 is 27.2. The fourth-order valence-electron chi connectivity index (χ4n) is 4.04. The smallest absolute Gasteiger partial charge is 0.224 e. The summed E-state index contributed by atoms with van der Waals surface area (Å²) >= 11 is 0. The van der Waals surface area contributed by atoms with Gasteiger partial charge < -0.3 is 5.32 Å². The standard InChI is InChI=1S/C24H32N2O3S/c1-2-23(21-14-7-4-8-15-21)25-24(27)22-16-9-17-26(19-22)30(28,29)18-10-13-20-11-5-3-6-12-20/h3-8,11-12,14-15,22-23H,2,9-10,13,16-19H2,1H3,(H,25,27)/t22-,23-/m0/s1. The monoisotopic (exact) mass is 428 g/mol. The van der Waals surface area contributed by atoms with Gasteiger partial charge in [-0.25, -0.2) is 12.7 Å². The maximum atomic E-state index is 12.9. The lowest BCUT2D eigenvalue weighted by Gasteiger charge is -2.32. The summed E-state index contributed by atoms with van der Waals surface area (Å²) in [6.45, 7) is 2.83. The average Bonchev–Trinajstić information content (AvgIpc) is 2.78. The third kappa shape index (κ3) is 6.16. The van der Waals surface area contributed by atoms with Gasteiger partial charge in [0.25, 0.3) is 0 Å². The zero-order valence-corrected chi connectivity index (χ0v) is 18.5. The van der Waals surface area contributed by atoms with E-state index in [-0.39, 0.29) is 30.2 Å². The van der Waals surface area contributed by atoms with Gasteiger partial charge in [-0.2, -0.15) is 0 Å². The predicted octanol–water partition coefficient (Wildman–Crippen LogP) is 3.93. The van der Waals surface area contributed by atoms with Crippen molar-refractivity contribution < 1.29 is 13.2 Å². The Labute approximate surface area is 180 Å². The summed E-state index contributed by atoms with van der Waals surface area (Å²) in [5.41, 5.74) is 2.23. The molecular weight excluding hydrogens is 396 g/mol. The first-order valence-corrected chi connectivity index (χ1v) is 12.5. The van der Waals surface area contributed by atoms with Gasteiger partial charge in [0.15, 0.2) is 0 Å². The van der Waals surface area contributed by atoms with E-state index < -0.39 is 10.0 Å². The van der Waals surface area contributed by atoms with Crippen molar-refractivity contribution in [2.75, 3.05) is 18.8 Å². The minimum Gasteiger partial charge on any atom is -0.349 e. The van der Waals surface area contributed by atoms with Gasteiger partial charge in [-0.05, 0) is 43.2 Å². The summed E-state index contributed by atoms with van der Waals surface area (Å²) in [4.78, 5) is 12.9. The number of rotatable bonds is 9. The van der Waals surface area contributed by atoms with Crippen LogP contribution in [0.2, 0.25) is 0 Å². The molecule has 1 fully saturated rings. The maximum Gasteiger partial charge on any atom is 0.224 e. The van der Waals surface area contributed by atoms with Crippen molar-refractivity contribution in [3.05, 3.63) is 71.8 Å². The lowest BCUT2D eigenvalue weighted by Crippen LogP contribution is -2.46. The molecule has 5 nitrogen and oxygen atoms in total. The van der Waals surface area contributed by atoms with Crippen molar-refractivity contribution in [1.29, 1.82) is 0 Å². The summed E-state index contributed by atoms with van der Waals surface area (Å²) in [7, 11) is -3.35. The second-order valence-corrected chi connectivity index (χ2v) is 10.1. The topological polar surface area (TPSA) is 66.5 Å². The van der Waals surface area contributed by atoms with Crippen LogP contribution in [0, 0.1) is 5.92 Å². The zero-order valence-electron chi connectivity index (χ0n) is 17.7. The van der Waals surface area contributed by atoms with Crippen LogP contribution in [0.25, 0.3) is 0 Å². The normalized spacial score (nSPS) is 18.6. The Morgan fingerprint density at radius 1 is 1.10 bits per heavy atom. The van der Waals surface area contributed by atoms with Crippen LogP contribution in [0.5, 0.6) is 0 Å². The number of nitrogens with zero attached hydrogens (tertiary/aromatic N) is 1. The number of sulfonamides is 1. The molecule has 6 heteroatoms. The summed E-state index contributed by atoms with van der Waals surface area (Å²) in [6, 6.07) is 19.8. The van der Waals surface area contributed by atoms with Gasteiger partial charge in [0, 0.05) is 13.1 Å². The number of benzene rings is 2. The SMILES string of the molecule is CC[C@H](NC(=O)[C@H]1CCCN(S(=O)(=O)CCCc2ccccc2)C1)c1ccccc1. The average molecular weight is 429 g/mol. The highest BCUT2D eigenvalue weighted by molar-refractivity contribution is 7.89. The van der Waals surface area contributed by atoms with Crippen LogP contribution in [0.4, 0.5) is 0 Å². The van der Waals surface area contributed by atoms with E-state index in [4.69, 9.17) is 0 Å². The number of nitrogens with one attached hydrogen (secondary N) is 1. The summed E-state index contributed by atoms with van der Waals surface area (Å²) in [5.74, 6) is -0.215. The Balaban J connectivity index is 1.55. The molecule has 1 N–H and O–H groups in total. The van der Waals surface area contributed by atoms with E-state index in [0.29, 0.717) is 13.0 Å². The number of piperidine rings is 1. The molecule has 0 spiro atoms. The van der Waals surface area contributed by atoms with Gasteiger partial charge >= 0.3 is 0 Å². The first kappa shape index (κ1) is 22.5. The van der Waals surface area contributed by atoms with Crippen molar-refractivity contribution in [2.24, 2.45) is 5.92 Å². The Morgan fingerprint density at radius 3 is 2.43 bits per heavy atom. The van der Waals surface area contributed by atoms with Crippen LogP contribution in [-0.2, 0) is 21.2 Å². The van der Waals surface area contributed by atoms with Gasteiger partial charge in [0.1, 0.15) is 0 Å². The lowest BCUT2D eigenvalue weighted by atomic mass is 9.97. The summed E-state index contributed by atoms with van der Waals surface area (Å²) in [6.07, 6.45) is 3.58. The second kappa shape index (κ2) is 10.7. The second-order valence-electron chi connectivity index (χ2n) is 7.98. The molecule has 1 aliphatic rings. The highest BCUT2D eigenvalue weighted by Gasteiger charge is 2.32. The Kier molecular flexibility index (Phi) is 8.05. The van der Waals surface area contributed by atoms with E-state index in [1.165, 1.54) is 4.31 Å². The molecule has 0 radical (unpaired) electrons. The molecule has 1 saturated heterocycles. The van der Waals surface area contributed by atoms with Crippen LogP contribution in [-0.4, -0.2) is 37.5 Å². The van der Waals surface area contributed by atoms with Crippen LogP contribution in [0.15, 0.2) is 60.7 Å². The maximum absolute atomic E-state index is 12.9. The Hall–Kier alpha value is -2.18. The zero-order chi connectivity index (χ0) is 21.4. The van der Waals surface area contributed by atoms with E-state index in [1.54, 1.807) is 0 Å². The van der Waals surface area contributed by atoms with Crippen molar-refractivity contribution in [1.82, 2.24) is 9.62 Å². The molecule has 0 bridgehead atoms. The molecular formula is C24H32N2O3S. The van der Waals surface area contributed by atoms with Crippen molar-refractivity contribution in [3.8, 4) is 0 Å². The van der Waals surface area contributed by atoms with E-state index in [1.807, 2.05) is 67.6 Å². The van der Waals surface area contributed by atoms with Gasteiger partial charge in [-0.1, -0.05) is 67.6 Å². The quantitative estimate of drug-likeness (QED) is 0.658. The Morgan fingerprint density at radius 2 is 1.77 bits per heavy atom. The minimum atomic E-state index is -3.35. The van der Waals surface area contributed by atoms with E-state index in [0.717, 1.165) is 36.8 Å². The van der Waals surface area contributed by atoms with Gasteiger partial charge in [0.05, 0.1) is 17.7 Å². The van der Waals surface area contributed by atoms with Crippen molar-refractivity contribution in [2.45, 2.75) is 45.1 Å². The Bertz CT molecular complexity index is 901. The summed E-state index contributed by atoms with van der Waals surface area (Å²) in [5, 5.41) is 3.13. The van der Waals surface area contributed by atoms with Crippen molar-refractivity contribution >= 4 is 15.9 Å². The molecule has 2 aromatic carbocycles. The molecule has 3 rings (SSSR count). The minimum absolute atomic E-state index is 0.0449. The molecule has 30 heavy (non-hydrogen) atoms. The van der Waals surface area contributed by atoms with E-state index in [2.05, 4.69) is 5.32 Å². The highest BCUT2D eigenvalue weighted by Crippen LogP contribution is 2.23. The van der Waals surface area contributed by atoms with Gasteiger partial charge in [0.2, 0.25) is 15.9 Å². The number of carbonyl (C=O) groups is 1. The largest absolute Gasteiger partial charge is 0.349 e. The molecule has 0 saturated carbocycles. The van der Waals surface area contributed by atoms with Crippen LogP contribution < -0.4 is 5.32 Å².